The fourth-order valence-electron chi connectivity index (χ4n) is 0.963. The molecule has 0 N–H and O–H groups in total. The van der Waals surface area contributed by atoms with Gasteiger partial charge in [0, 0.05) is 0 Å². The highest BCUT2D eigenvalue weighted by molar-refractivity contribution is 5.79. The molecule has 15 heavy (non-hydrogen) atoms. The Kier molecular flexibility index (Phi) is 4.36. The highest BCUT2D eigenvalue weighted by atomic mass is 16.8. The minimum absolute atomic E-state index is 0.0807. The number of esters is 1. The van der Waals surface area contributed by atoms with E-state index in [4.69, 9.17) is 9.47 Å². The highest BCUT2D eigenvalue weighted by Gasteiger charge is 2.32. The van der Waals surface area contributed by atoms with E-state index in [1.807, 2.05) is 13.8 Å². The second kappa shape index (κ2) is 5.55. The summed E-state index contributed by atoms with van der Waals surface area (Å²) in [5, 5.41) is 0. The molecule has 0 amide bonds. The normalized spacial score (nSPS) is 19.9. The maximum atomic E-state index is 11.2. The summed E-state index contributed by atoms with van der Waals surface area (Å²) in [6.45, 7) is 4.15. The quantitative estimate of drug-likeness (QED) is 0.494. The van der Waals surface area contributed by atoms with Gasteiger partial charge in [-0.15, -0.1) is 0 Å². The topological polar surface area (TPSA) is 71.1 Å². The van der Waals surface area contributed by atoms with E-state index < -0.39 is 18.2 Å². The molecule has 0 radical (unpaired) electrons. The number of carbonyl (C=O) groups excluding carboxylic acids is 2. The molecule has 0 aromatic rings. The van der Waals surface area contributed by atoms with Gasteiger partial charge in [-0.3, -0.25) is 0 Å². The van der Waals surface area contributed by atoms with Crippen molar-refractivity contribution >= 4 is 12.1 Å². The average Bonchev–Trinajstić information content (AvgIpc) is 2.59. The Morgan fingerprint density at radius 3 is 2.80 bits per heavy atom. The average molecular weight is 218 g/mol. The van der Waals surface area contributed by atoms with Gasteiger partial charge in [0.15, 0.2) is 0 Å². The third-order valence-electron chi connectivity index (χ3n) is 1.63. The number of ether oxygens (including phenoxy) is 4. The van der Waals surface area contributed by atoms with E-state index in [9.17, 15) is 9.59 Å². The van der Waals surface area contributed by atoms with Crippen molar-refractivity contribution in [1.82, 2.24) is 0 Å². The van der Waals surface area contributed by atoms with Crippen LogP contribution in [-0.4, -0.2) is 44.2 Å². The van der Waals surface area contributed by atoms with Gasteiger partial charge in [0.2, 0.25) is 6.10 Å². The molecule has 1 rings (SSSR count). The van der Waals surface area contributed by atoms with Crippen LogP contribution in [0.3, 0.4) is 0 Å². The van der Waals surface area contributed by atoms with Gasteiger partial charge in [-0.2, -0.15) is 0 Å². The minimum atomic E-state index is -0.934. The second-order valence-electron chi connectivity index (χ2n) is 3.25. The first-order valence-corrected chi connectivity index (χ1v) is 4.71. The molecule has 1 aliphatic rings. The van der Waals surface area contributed by atoms with Crippen LogP contribution in [0.2, 0.25) is 0 Å². The van der Waals surface area contributed by atoms with Gasteiger partial charge in [-0.25, -0.2) is 9.59 Å². The van der Waals surface area contributed by atoms with Crippen molar-refractivity contribution in [2.24, 2.45) is 0 Å². The number of cyclic esters (lactones) is 2. The van der Waals surface area contributed by atoms with E-state index >= 15 is 0 Å². The summed E-state index contributed by atoms with van der Waals surface area (Å²) < 4.78 is 18.9. The predicted octanol–water partition coefficient (Wildman–Crippen LogP) is 0.490. The molecule has 6 nitrogen and oxygen atoms in total. The van der Waals surface area contributed by atoms with Gasteiger partial charge in [-0.05, 0) is 13.8 Å². The zero-order valence-corrected chi connectivity index (χ0v) is 8.73. The van der Waals surface area contributed by atoms with Crippen molar-refractivity contribution in [2.45, 2.75) is 26.1 Å². The van der Waals surface area contributed by atoms with Crippen molar-refractivity contribution in [3.8, 4) is 0 Å². The number of carbonyl (C=O) groups is 2. The number of rotatable bonds is 5. The lowest BCUT2D eigenvalue weighted by Crippen LogP contribution is -2.27. The third-order valence-corrected chi connectivity index (χ3v) is 1.63. The zero-order valence-electron chi connectivity index (χ0n) is 8.73. The van der Waals surface area contributed by atoms with Crippen LogP contribution in [0, 0.1) is 0 Å². The van der Waals surface area contributed by atoms with E-state index in [1.54, 1.807) is 0 Å². The molecule has 1 aliphatic heterocycles. The van der Waals surface area contributed by atoms with Crippen molar-refractivity contribution in [2.75, 3.05) is 19.8 Å². The van der Waals surface area contributed by atoms with Gasteiger partial charge in [0.1, 0.15) is 13.2 Å². The molecular weight excluding hydrogens is 204 g/mol. The molecular formula is C9H14O6. The van der Waals surface area contributed by atoms with Gasteiger partial charge in [-0.1, -0.05) is 0 Å². The van der Waals surface area contributed by atoms with Crippen molar-refractivity contribution in [1.29, 1.82) is 0 Å². The Morgan fingerprint density at radius 1 is 1.53 bits per heavy atom. The molecule has 1 fully saturated rings. The molecule has 0 bridgehead atoms. The molecule has 1 unspecified atom stereocenters. The van der Waals surface area contributed by atoms with Crippen LogP contribution in [0.4, 0.5) is 4.79 Å². The molecule has 0 aromatic carbocycles. The molecule has 0 aromatic heterocycles. The summed E-state index contributed by atoms with van der Waals surface area (Å²) in [6, 6.07) is 0. The predicted molar refractivity (Wildman–Crippen MR) is 48.3 cm³/mol. The van der Waals surface area contributed by atoms with Gasteiger partial charge in [0.05, 0.1) is 12.7 Å². The molecule has 0 aliphatic carbocycles. The van der Waals surface area contributed by atoms with Crippen LogP contribution in [0.5, 0.6) is 0 Å². The molecule has 1 atom stereocenters. The summed E-state index contributed by atoms with van der Waals surface area (Å²) in [5.74, 6) is -0.604. The third kappa shape index (κ3) is 4.16. The fourth-order valence-corrected chi connectivity index (χ4v) is 0.963. The lowest BCUT2D eigenvalue weighted by atomic mass is 10.4. The lowest BCUT2D eigenvalue weighted by molar-refractivity contribution is -0.153. The van der Waals surface area contributed by atoms with E-state index in [0.717, 1.165) is 0 Å². The summed E-state index contributed by atoms with van der Waals surface area (Å²) in [5.41, 5.74) is 0. The summed E-state index contributed by atoms with van der Waals surface area (Å²) in [4.78, 5) is 21.7. The van der Waals surface area contributed by atoms with Crippen LogP contribution in [0.1, 0.15) is 13.8 Å². The van der Waals surface area contributed by atoms with E-state index in [-0.39, 0.29) is 19.3 Å². The van der Waals surface area contributed by atoms with E-state index in [1.165, 1.54) is 0 Å². The van der Waals surface area contributed by atoms with Gasteiger partial charge in [0.25, 0.3) is 0 Å². The van der Waals surface area contributed by atoms with Crippen LogP contribution in [0.15, 0.2) is 0 Å². The lowest BCUT2D eigenvalue weighted by Gasteiger charge is -2.09. The molecule has 0 spiro atoms. The summed E-state index contributed by atoms with van der Waals surface area (Å²) in [7, 11) is 0. The van der Waals surface area contributed by atoms with Gasteiger partial charge < -0.3 is 18.9 Å². The molecule has 1 heterocycles. The fraction of sp³-hybridized carbons (Fsp3) is 0.778. The molecule has 6 heteroatoms. The Morgan fingerprint density at radius 2 is 2.27 bits per heavy atom. The molecule has 1 saturated heterocycles. The van der Waals surface area contributed by atoms with Crippen LogP contribution in [0.25, 0.3) is 0 Å². The van der Waals surface area contributed by atoms with E-state index in [2.05, 4.69) is 9.47 Å². The summed E-state index contributed by atoms with van der Waals surface area (Å²) >= 11 is 0. The summed E-state index contributed by atoms with van der Waals surface area (Å²) in [6.07, 6.45) is -1.68. The first kappa shape index (κ1) is 11.8. The SMILES string of the molecule is CC(C)OCCOC(=O)C1COC(=O)O1. The molecule has 86 valence electrons. The number of hydrogen-bond donors (Lipinski definition) is 0. The Labute approximate surface area is 87.4 Å². The minimum Gasteiger partial charge on any atom is -0.460 e. The zero-order chi connectivity index (χ0) is 11.3. The first-order chi connectivity index (χ1) is 7.09. The Balaban J connectivity index is 2.11. The Bertz CT molecular complexity index is 237. The van der Waals surface area contributed by atoms with Crippen LogP contribution >= 0.6 is 0 Å². The van der Waals surface area contributed by atoms with Crippen molar-refractivity contribution in [3.63, 3.8) is 0 Å². The second-order valence-corrected chi connectivity index (χ2v) is 3.25. The largest absolute Gasteiger partial charge is 0.509 e. The standard InChI is InChI=1S/C9H14O6/c1-6(2)12-3-4-13-8(10)7-5-14-9(11)15-7/h6-7H,3-5H2,1-2H3. The van der Waals surface area contributed by atoms with Crippen molar-refractivity contribution in [3.05, 3.63) is 0 Å². The first-order valence-electron chi connectivity index (χ1n) is 4.71. The van der Waals surface area contributed by atoms with Crippen LogP contribution in [-0.2, 0) is 23.7 Å². The van der Waals surface area contributed by atoms with Crippen molar-refractivity contribution < 1.29 is 28.5 Å². The Hall–Kier alpha value is -1.30. The molecule has 0 saturated carbocycles. The van der Waals surface area contributed by atoms with E-state index in [0.29, 0.717) is 6.61 Å². The van der Waals surface area contributed by atoms with Gasteiger partial charge >= 0.3 is 12.1 Å². The highest BCUT2D eigenvalue weighted by Crippen LogP contribution is 2.07. The maximum absolute atomic E-state index is 11.2. The van der Waals surface area contributed by atoms with Crippen LogP contribution < -0.4 is 0 Å². The maximum Gasteiger partial charge on any atom is 0.509 e. The monoisotopic (exact) mass is 218 g/mol. The smallest absolute Gasteiger partial charge is 0.460 e. The number of hydrogen-bond acceptors (Lipinski definition) is 6.